The fraction of sp³-hybridized carbons (Fsp3) is 0.125. The van der Waals surface area contributed by atoms with E-state index >= 15 is 0 Å². The van der Waals surface area contributed by atoms with E-state index in [0.29, 0.717) is 18.8 Å². The molecule has 4 nitrogen and oxygen atoms in total. The number of aromatic nitrogens is 2. The number of hydrogen-bond donors (Lipinski definition) is 2. The third kappa shape index (κ3) is 3.45. The molecule has 0 aliphatic heterocycles. The number of para-hydroxylation sites is 1. The lowest BCUT2D eigenvalue weighted by atomic mass is 10.2. The zero-order valence-electron chi connectivity index (χ0n) is 11.4. The molecule has 1 aromatic carbocycles. The summed E-state index contributed by atoms with van der Waals surface area (Å²) in [7, 11) is 0. The lowest BCUT2D eigenvalue weighted by molar-refractivity contribution is 0.464. The maximum atomic E-state index is 9.70. The second-order valence-electron chi connectivity index (χ2n) is 4.59. The number of hydrogen-bond acceptors (Lipinski definition) is 5. The van der Waals surface area contributed by atoms with E-state index in [1.54, 1.807) is 23.6 Å². The molecule has 2 heterocycles. The van der Waals surface area contributed by atoms with E-state index in [9.17, 15) is 5.11 Å². The van der Waals surface area contributed by atoms with Gasteiger partial charge in [-0.05, 0) is 18.2 Å². The monoisotopic (exact) mass is 297 g/mol. The molecule has 0 radical (unpaired) electrons. The molecule has 0 saturated carbocycles. The molecule has 3 aromatic rings. The Labute approximate surface area is 127 Å². The average molecular weight is 297 g/mol. The molecule has 2 aromatic heterocycles. The van der Waals surface area contributed by atoms with E-state index in [4.69, 9.17) is 0 Å². The summed E-state index contributed by atoms with van der Waals surface area (Å²) in [5.74, 6) is 0.317. The second-order valence-corrected chi connectivity index (χ2v) is 5.45. The van der Waals surface area contributed by atoms with Crippen LogP contribution in [0.1, 0.15) is 11.3 Å². The Morgan fingerprint density at radius 2 is 1.90 bits per heavy atom. The quantitative estimate of drug-likeness (QED) is 0.759. The van der Waals surface area contributed by atoms with Crippen molar-refractivity contribution in [1.29, 1.82) is 0 Å². The maximum Gasteiger partial charge on any atom is 0.142 e. The van der Waals surface area contributed by atoms with E-state index in [0.717, 1.165) is 22.0 Å². The lowest BCUT2D eigenvalue weighted by Crippen LogP contribution is -2.12. The van der Waals surface area contributed by atoms with Crippen LogP contribution in [0.25, 0.3) is 10.7 Å². The van der Waals surface area contributed by atoms with Gasteiger partial charge in [0.1, 0.15) is 10.8 Å². The van der Waals surface area contributed by atoms with Crippen LogP contribution in [-0.4, -0.2) is 15.1 Å². The van der Waals surface area contributed by atoms with Gasteiger partial charge in [-0.15, -0.1) is 11.3 Å². The van der Waals surface area contributed by atoms with Gasteiger partial charge in [-0.3, -0.25) is 4.98 Å². The van der Waals surface area contributed by atoms with Gasteiger partial charge >= 0.3 is 0 Å². The highest BCUT2D eigenvalue weighted by molar-refractivity contribution is 7.13. The van der Waals surface area contributed by atoms with Crippen LogP contribution in [0.3, 0.4) is 0 Å². The number of benzene rings is 1. The van der Waals surface area contributed by atoms with Gasteiger partial charge in [0, 0.05) is 30.2 Å². The third-order valence-corrected chi connectivity index (χ3v) is 3.96. The zero-order valence-corrected chi connectivity index (χ0v) is 12.2. The van der Waals surface area contributed by atoms with Gasteiger partial charge in [0.15, 0.2) is 0 Å². The fourth-order valence-electron chi connectivity index (χ4n) is 1.98. The summed E-state index contributed by atoms with van der Waals surface area (Å²) in [5, 5.41) is 15.9. The number of nitrogens with one attached hydrogen (secondary N) is 1. The zero-order chi connectivity index (χ0) is 14.5. The van der Waals surface area contributed by atoms with E-state index < -0.39 is 0 Å². The SMILES string of the molecule is Oc1ccccc1CNCc1csc(-c2ccccn2)n1. The molecule has 0 aliphatic rings. The van der Waals surface area contributed by atoms with Crippen molar-refractivity contribution in [3.05, 3.63) is 65.3 Å². The number of rotatable bonds is 5. The number of pyridine rings is 1. The molecule has 5 heteroatoms. The van der Waals surface area contributed by atoms with Gasteiger partial charge in [-0.1, -0.05) is 24.3 Å². The summed E-state index contributed by atoms with van der Waals surface area (Å²) in [6.45, 7) is 1.28. The van der Waals surface area contributed by atoms with E-state index in [1.165, 1.54) is 0 Å². The first-order valence-electron chi connectivity index (χ1n) is 6.66. The van der Waals surface area contributed by atoms with Crippen LogP contribution in [0, 0.1) is 0 Å². The molecule has 2 N–H and O–H groups in total. The number of thiazole rings is 1. The first-order valence-corrected chi connectivity index (χ1v) is 7.54. The van der Waals surface area contributed by atoms with Gasteiger partial charge in [0.2, 0.25) is 0 Å². The summed E-state index contributed by atoms with van der Waals surface area (Å²) in [5.41, 5.74) is 2.77. The molecular weight excluding hydrogens is 282 g/mol. The summed E-state index contributed by atoms with van der Waals surface area (Å²) in [4.78, 5) is 8.86. The molecule has 0 unspecified atom stereocenters. The van der Waals surface area contributed by atoms with Crippen molar-refractivity contribution in [3.63, 3.8) is 0 Å². The van der Waals surface area contributed by atoms with Crippen molar-refractivity contribution in [2.75, 3.05) is 0 Å². The molecular formula is C16H15N3OS. The van der Waals surface area contributed by atoms with Gasteiger partial charge < -0.3 is 10.4 Å². The smallest absolute Gasteiger partial charge is 0.142 e. The van der Waals surface area contributed by atoms with Crippen molar-refractivity contribution in [3.8, 4) is 16.5 Å². The summed E-state index contributed by atoms with van der Waals surface area (Å²) in [6, 6.07) is 13.1. The van der Waals surface area contributed by atoms with Gasteiger partial charge in [0.05, 0.1) is 11.4 Å². The highest BCUT2D eigenvalue weighted by Crippen LogP contribution is 2.21. The maximum absolute atomic E-state index is 9.70. The fourth-order valence-corrected chi connectivity index (χ4v) is 2.78. The molecule has 3 rings (SSSR count). The van der Waals surface area contributed by atoms with Gasteiger partial charge in [0.25, 0.3) is 0 Å². The van der Waals surface area contributed by atoms with Gasteiger partial charge in [-0.25, -0.2) is 4.98 Å². The molecule has 0 aliphatic carbocycles. The van der Waals surface area contributed by atoms with Crippen molar-refractivity contribution in [2.45, 2.75) is 13.1 Å². The largest absolute Gasteiger partial charge is 0.508 e. The number of aromatic hydroxyl groups is 1. The Morgan fingerprint density at radius 1 is 1.05 bits per heavy atom. The Bertz CT molecular complexity index is 712. The Balaban J connectivity index is 1.60. The highest BCUT2D eigenvalue weighted by atomic mass is 32.1. The van der Waals surface area contributed by atoms with Crippen molar-refractivity contribution >= 4 is 11.3 Å². The Morgan fingerprint density at radius 3 is 2.71 bits per heavy atom. The number of nitrogens with zero attached hydrogens (tertiary/aromatic N) is 2. The van der Waals surface area contributed by atoms with E-state index in [2.05, 4.69) is 15.3 Å². The van der Waals surface area contributed by atoms with Gasteiger partial charge in [-0.2, -0.15) is 0 Å². The molecule has 0 spiro atoms. The second kappa shape index (κ2) is 6.47. The number of phenols is 1. The van der Waals surface area contributed by atoms with Crippen LogP contribution < -0.4 is 5.32 Å². The van der Waals surface area contributed by atoms with Crippen LogP contribution in [0.5, 0.6) is 5.75 Å². The highest BCUT2D eigenvalue weighted by Gasteiger charge is 2.05. The van der Waals surface area contributed by atoms with Crippen molar-refractivity contribution in [1.82, 2.24) is 15.3 Å². The minimum absolute atomic E-state index is 0.317. The minimum Gasteiger partial charge on any atom is -0.508 e. The molecule has 106 valence electrons. The average Bonchev–Trinajstić information content (AvgIpc) is 2.99. The first-order chi connectivity index (χ1) is 10.3. The molecule has 21 heavy (non-hydrogen) atoms. The van der Waals surface area contributed by atoms with Crippen LogP contribution in [-0.2, 0) is 13.1 Å². The molecule has 0 saturated heterocycles. The summed E-state index contributed by atoms with van der Waals surface area (Å²) < 4.78 is 0. The standard InChI is InChI=1S/C16H15N3OS/c20-15-7-2-1-5-12(15)9-17-10-13-11-21-16(19-13)14-6-3-4-8-18-14/h1-8,11,17,20H,9-10H2. The summed E-state index contributed by atoms with van der Waals surface area (Å²) >= 11 is 1.59. The molecule has 0 fully saturated rings. The minimum atomic E-state index is 0.317. The molecule has 0 atom stereocenters. The van der Waals surface area contributed by atoms with Crippen LogP contribution >= 0.6 is 11.3 Å². The van der Waals surface area contributed by atoms with E-state index in [1.807, 2.05) is 41.8 Å². The normalized spacial score (nSPS) is 10.7. The predicted molar refractivity (Wildman–Crippen MR) is 84.0 cm³/mol. The Hall–Kier alpha value is -2.24. The van der Waals surface area contributed by atoms with Crippen molar-refractivity contribution in [2.24, 2.45) is 0 Å². The van der Waals surface area contributed by atoms with Crippen LogP contribution in [0.2, 0.25) is 0 Å². The lowest BCUT2D eigenvalue weighted by Gasteiger charge is -2.05. The predicted octanol–water partition coefficient (Wildman–Crippen LogP) is 3.20. The third-order valence-electron chi connectivity index (χ3n) is 3.05. The van der Waals surface area contributed by atoms with Crippen LogP contribution in [0.4, 0.5) is 0 Å². The van der Waals surface area contributed by atoms with Crippen LogP contribution in [0.15, 0.2) is 54.0 Å². The molecule has 0 amide bonds. The first kappa shape index (κ1) is 13.7. The van der Waals surface area contributed by atoms with E-state index in [-0.39, 0.29) is 0 Å². The number of phenolic OH excluding ortho intramolecular Hbond substituents is 1. The Kier molecular flexibility index (Phi) is 4.23. The summed E-state index contributed by atoms with van der Waals surface area (Å²) in [6.07, 6.45) is 1.77. The topological polar surface area (TPSA) is 58.0 Å². The van der Waals surface area contributed by atoms with Crippen molar-refractivity contribution < 1.29 is 5.11 Å². The molecule has 0 bridgehead atoms.